The highest BCUT2D eigenvalue weighted by atomic mass is 19.4. The van der Waals surface area contributed by atoms with Gasteiger partial charge in [0.1, 0.15) is 12.6 Å². The molecule has 0 rings (SSSR count). The van der Waals surface area contributed by atoms with E-state index in [1.165, 1.54) is 38.5 Å². The highest BCUT2D eigenvalue weighted by molar-refractivity contribution is 5.81. The fraction of sp³-hybridized carbons (Fsp3) is 0.870. The van der Waals surface area contributed by atoms with Gasteiger partial charge in [0.05, 0.1) is 0 Å². The number of carboxylic acids is 1. The van der Waals surface area contributed by atoms with Gasteiger partial charge in [-0.3, -0.25) is 9.59 Å². The standard InChI is InChI=1S/C23H40F3NO5/c1-2-3-4-5-6-7-8-9-10-12-15-19(32-22(31)23(24,25)26)16-13-11-14-17-20(28)27-18-21(29)30/h19H,2-18H2,1H3,(H,27,28)(H,29,30). The second-order valence-electron chi connectivity index (χ2n) is 8.27. The van der Waals surface area contributed by atoms with E-state index in [1.54, 1.807) is 0 Å². The summed E-state index contributed by atoms with van der Waals surface area (Å²) in [5, 5.41) is 10.7. The summed E-state index contributed by atoms with van der Waals surface area (Å²) in [6, 6.07) is 0. The fourth-order valence-corrected chi connectivity index (χ4v) is 3.44. The van der Waals surface area contributed by atoms with E-state index in [2.05, 4.69) is 17.0 Å². The number of aliphatic carboxylic acids is 1. The molecule has 1 amide bonds. The first-order chi connectivity index (χ1) is 15.2. The number of nitrogens with one attached hydrogen (secondary N) is 1. The summed E-state index contributed by atoms with van der Waals surface area (Å²) in [5.41, 5.74) is 0. The van der Waals surface area contributed by atoms with Crippen molar-refractivity contribution in [3.05, 3.63) is 0 Å². The van der Waals surface area contributed by atoms with E-state index < -0.39 is 30.8 Å². The number of hydrogen-bond donors (Lipinski definition) is 2. The van der Waals surface area contributed by atoms with Crippen molar-refractivity contribution in [2.24, 2.45) is 0 Å². The van der Waals surface area contributed by atoms with Gasteiger partial charge in [0.15, 0.2) is 0 Å². The number of carbonyl (C=O) groups excluding carboxylic acids is 2. The minimum atomic E-state index is -5.00. The molecule has 0 aromatic rings. The maximum atomic E-state index is 12.5. The number of ether oxygens (including phenoxy) is 1. The smallest absolute Gasteiger partial charge is 0.480 e. The van der Waals surface area contributed by atoms with Gasteiger partial charge in [0, 0.05) is 6.42 Å². The number of rotatable bonds is 20. The zero-order valence-electron chi connectivity index (χ0n) is 19.3. The average Bonchev–Trinajstić information content (AvgIpc) is 2.72. The summed E-state index contributed by atoms with van der Waals surface area (Å²) in [5.74, 6) is -3.65. The zero-order chi connectivity index (χ0) is 24.2. The summed E-state index contributed by atoms with van der Waals surface area (Å²) in [4.78, 5) is 33.0. The monoisotopic (exact) mass is 467 g/mol. The lowest BCUT2D eigenvalue weighted by Crippen LogP contribution is -2.30. The minimum Gasteiger partial charge on any atom is -0.480 e. The summed E-state index contributed by atoms with van der Waals surface area (Å²) in [7, 11) is 0. The SMILES string of the molecule is CCCCCCCCCCCCC(CCCCCC(=O)NCC(=O)O)OC(=O)C(F)(F)F. The second-order valence-corrected chi connectivity index (χ2v) is 8.27. The normalized spacial score (nSPS) is 12.4. The molecule has 0 aliphatic rings. The van der Waals surface area contributed by atoms with E-state index in [9.17, 15) is 27.6 Å². The third kappa shape index (κ3) is 18.9. The molecular formula is C23H40F3NO5. The van der Waals surface area contributed by atoms with Crippen molar-refractivity contribution in [3.8, 4) is 0 Å². The van der Waals surface area contributed by atoms with Crippen LogP contribution in [-0.2, 0) is 19.1 Å². The summed E-state index contributed by atoms with van der Waals surface area (Å²) < 4.78 is 42.3. The number of carboxylic acid groups (broad SMARTS) is 1. The van der Waals surface area contributed by atoms with Crippen LogP contribution in [0.25, 0.3) is 0 Å². The quantitative estimate of drug-likeness (QED) is 0.171. The van der Waals surface area contributed by atoms with E-state index in [0.717, 1.165) is 19.3 Å². The molecule has 32 heavy (non-hydrogen) atoms. The molecule has 0 saturated heterocycles. The highest BCUT2D eigenvalue weighted by Crippen LogP contribution is 2.22. The van der Waals surface area contributed by atoms with Gasteiger partial charge >= 0.3 is 18.1 Å². The van der Waals surface area contributed by atoms with Crippen molar-refractivity contribution in [1.29, 1.82) is 0 Å². The Bertz CT molecular complexity index is 526. The Morgan fingerprint density at radius 3 is 1.75 bits per heavy atom. The fourth-order valence-electron chi connectivity index (χ4n) is 3.44. The van der Waals surface area contributed by atoms with Crippen LogP contribution in [0.15, 0.2) is 0 Å². The highest BCUT2D eigenvalue weighted by Gasteiger charge is 2.42. The molecule has 0 fully saturated rings. The van der Waals surface area contributed by atoms with Gasteiger partial charge in [-0.2, -0.15) is 13.2 Å². The predicted octanol–water partition coefficient (Wildman–Crippen LogP) is 5.92. The number of esters is 1. The molecule has 0 aliphatic carbocycles. The van der Waals surface area contributed by atoms with Gasteiger partial charge in [-0.05, 0) is 32.1 Å². The van der Waals surface area contributed by atoms with Crippen LogP contribution in [-0.4, -0.2) is 41.8 Å². The number of unbranched alkanes of at least 4 members (excludes halogenated alkanes) is 11. The molecule has 2 N–H and O–H groups in total. The Morgan fingerprint density at radius 1 is 0.812 bits per heavy atom. The molecule has 0 radical (unpaired) electrons. The number of alkyl halides is 3. The average molecular weight is 468 g/mol. The van der Waals surface area contributed by atoms with Crippen molar-refractivity contribution in [2.75, 3.05) is 6.54 Å². The lowest BCUT2D eigenvalue weighted by molar-refractivity contribution is -0.205. The molecule has 1 unspecified atom stereocenters. The van der Waals surface area contributed by atoms with Crippen LogP contribution in [0.1, 0.15) is 110 Å². The molecule has 0 saturated carbocycles. The van der Waals surface area contributed by atoms with E-state index >= 15 is 0 Å². The molecule has 6 nitrogen and oxygen atoms in total. The zero-order valence-corrected chi connectivity index (χ0v) is 19.3. The van der Waals surface area contributed by atoms with Gasteiger partial charge in [-0.15, -0.1) is 0 Å². The number of hydrogen-bond acceptors (Lipinski definition) is 4. The van der Waals surface area contributed by atoms with Crippen molar-refractivity contribution < 1.29 is 37.4 Å². The van der Waals surface area contributed by atoms with Gasteiger partial charge in [0.25, 0.3) is 0 Å². The van der Waals surface area contributed by atoms with Crippen molar-refractivity contribution >= 4 is 17.8 Å². The molecule has 0 aromatic heterocycles. The van der Waals surface area contributed by atoms with Crippen LogP contribution in [0.3, 0.4) is 0 Å². The van der Waals surface area contributed by atoms with E-state index in [1.807, 2.05) is 0 Å². The van der Waals surface area contributed by atoms with Gasteiger partial charge in [-0.1, -0.05) is 71.1 Å². The molecule has 0 spiro atoms. The first-order valence-corrected chi connectivity index (χ1v) is 11.9. The van der Waals surface area contributed by atoms with Crippen LogP contribution in [0.4, 0.5) is 13.2 Å². The topological polar surface area (TPSA) is 92.7 Å². The van der Waals surface area contributed by atoms with Crippen molar-refractivity contribution in [3.63, 3.8) is 0 Å². The number of halogens is 3. The third-order valence-corrected chi connectivity index (χ3v) is 5.25. The van der Waals surface area contributed by atoms with Crippen LogP contribution in [0.2, 0.25) is 0 Å². The van der Waals surface area contributed by atoms with Gasteiger partial charge in [0.2, 0.25) is 5.91 Å². The molecule has 0 heterocycles. The summed E-state index contributed by atoms with van der Waals surface area (Å²) >= 11 is 0. The van der Waals surface area contributed by atoms with Crippen molar-refractivity contribution in [2.45, 2.75) is 122 Å². The molecular weight excluding hydrogens is 427 g/mol. The molecule has 188 valence electrons. The molecule has 0 aliphatic heterocycles. The van der Waals surface area contributed by atoms with Crippen molar-refractivity contribution in [1.82, 2.24) is 5.32 Å². The maximum Gasteiger partial charge on any atom is 0.490 e. The van der Waals surface area contributed by atoms with E-state index in [-0.39, 0.29) is 12.3 Å². The Balaban J connectivity index is 4.09. The Hall–Kier alpha value is -1.80. The van der Waals surface area contributed by atoms with Gasteiger partial charge < -0.3 is 15.2 Å². The Morgan fingerprint density at radius 2 is 1.28 bits per heavy atom. The van der Waals surface area contributed by atoms with Crippen LogP contribution < -0.4 is 5.32 Å². The molecule has 9 heteroatoms. The molecule has 1 atom stereocenters. The Kier molecular flexibility index (Phi) is 17.7. The lowest BCUT2D eigenvalue weighted by Gasteiger charge is -2.19. The van der Waals surface area contributed by atoms with Crippen LogP contribution >= 0.6 is 0 Å². The largest absolute Gasteiger partial charge is 0.490 e. The minimum absolute atomic E-state index is 0.152. The number of amides is 1. The summed E-state index contributed by atoms with van der Waals surface area (Å²) in [6.07, 6.45) is 7.87. The van der Waals surface area contributed by atoms with Crippen LogP contribution in [0, 0.1) is 0 Å². The van der Waals surface area contributed by atoms with E-state index in [4.69, 9.17) is 5.11 Å². The number of carbonyl (C=O) groups is 3. The first kappa shape index (κ1) is 30.2. The first-order valence-electron chi connectivity index (χ1n) is 11.9. The van der Waals surface area contributed by atoms with Crippen LogP contribution in [0.5, 0.6) is 0 Å². The third-order valence-electron chi connectivity index (χ3n) is 5.25. The maximum absolute atomic E-state index is 12.5. The van der Waals surface area contributed by atoms with E-state index in [0.29, 0.717) is 38.5 Å². The summed E-state index contributed by atoms with van der Waals surface area (Å²) in [6.45, 7) is 1.75. The lowest BCUT2D eigenvalue weighted by atomic mass is 10.0. The second kappa shape index (κ2) is 18.7. The molecule has 0 aromatic carbocycles. The van der Waals surface area contributed by atoms with Gasteiger partial charge in [-0.25, -0.2) is 4.79 Å². The Labute approximate surface area is 189 Å². The predicted molar refractivity (Wildman–Crippen MR) is 116 cm³/mol. The molecule has 0 bridgehead atoms.